The number of halogens is 2. The predicted octanol–water partition coefficient (Wildman–Crippen LogP) is 2.16. The first kappa shape index (κ1) is 18.7. The topological polar surface area (TPSA) is 93.5 Å². The van der Waals surface area contributed by atoms with Crippen LogP contribution in [0.2, 0.25) is 5.02 Å². The summed E-state index contributed by atoms with van der Waals surface area (Å²) in [6, 6.07) is 4.86. The lowest BCUT2D eigenvalue weighted by Gasteiger charge is -2.15. The molecule has 0 aromatic heterocycles. The van der Waals surface area contributed by atoms with Crippen molar-refractivity contribution < 1.29 is 14.3 Å². The summed E-state index contributed by atoms with van der Waals surface area (Å²) < 4.78 is 5.54. The highest BCUT2D eigenvalue weighted by molar-refractivity contribution is 6.31. The molecule has 1 aliphatic rings. The van der Waals surface area contributed by atoms with E-state index in [0.717, 1.165) is 6.42 Å². The van der Waals surface area contributed by atoms with E-state index in [1.807, 2.05) is 0 Å². The van der Waals surface area contributed by atoms with E-state index >= 15 is 0 Å². The number of carbonyl (C=O) groups excluding carboxylic acids is 2. The van der Waals surface area contributed by atoms with Crippen molar-refractivity contribution in [1.29, 1.82) is 0 Å². The Morgan fingerprint density at radius 1 is 1.32 bits per heavy atom. The molecule has 0 unspecified atom stereocenters. The van der Waals surface area contributed by atoms with E-state index in [2.05, 4.69) is 10.6 Å². The van der Waals surface area contributed by atoms with Gasteiger partial charge in [0.15, 0.2) is 0 Å². The van der Waals surface area contributed by atoms with Crippen molar-refractivity contribution in [1.82, 2.24) is 0 Å². The third-order valence-electron chi connectivity index (χ3n) is 3.21. The van der Waals surface area contributed by atoms with Gasteiger partial charge in [0.05, 0.1) is 17.5 Å². The van der Waals surface area contributed by atoms with E-state index in [9.17, 15) is 9.59 Å². The number of benzene rings is 1. The number of carbonyl (C=O) groups is 2. The van der Waals surface area contributed by atoms with Crippen LogP contribution in [0.5, 0.6) is 0 Å². The smallest absolute Gasteiger partial charge is 0.253 e. The van der Waals surface area contributed by atoms with Crippen molar-refractivity contribution in [3.63, 3.8) is 0 Å². The fourth-order valence-electron chi connectivity index (χ4n) is 2.20. The molecule has 6 nitrogen and oxygen atoms in total. The minimum Gasteiger partial charge on any atom is -0.364 e. The number of nitrogens with two attached hydrogens (primary N) is 1. The zero-order valence-electron chi connectivity index (χ0n) is 12.1. The van der Waals surface area contributed by atoms with Crippen LogP contribution in [-0.2, 0) is 14.3 Å². The van der Waals surface area contributed by atoms with Crippen molar-refractivity contribution in [3.05, 3.63) is 23.2 Å². The number of hydrogen-bond acceptors (Lipinski definition) is 4. The molecule has 2 rings (SSSR count). The van der Waals surface area contributed by atoms with Crippen LogP contribution in [-0.4, -0.2) is 30.6 Å². The second-order valence-electron chi connectivity index (χ2n) is 4.92. The number of amides is 2. The van der Waals surface area contributed by atoms with Crippen LogP contribution >= 0.6 is 24.0 Å². The molecule has 4 N–H and O–H groups in total. The Balaban J connectivity index is 0.00000242. The first-order valence-corrected chi connectivity index (χ1v) is 7.11. The molecule has 2 amide bonds. The van der Waals surface area contributed by atoms with Crippen molar-refractivity contribution in [2.24, 2.45) is 5.73 Å². The van der Waals surface area contributed by atoms with Gasteiger partial charge in [-0.2, -0.15) is 0 Å². The van der Waals surface area contributed by atoms with Gasteiger partial charge >= 0.3 is 0 Å². The summed E-state index contributed by atoms with van der Waals surface area (Å²) in [6.07, 6.45) is 0.824. The van der Waals surface area contributed by atoms with Gasteiger partial charge in [-0.1, -0.05) is 11.6 Å². The van der Waals surface area contributed by atoms with E-state index in [1.54, 1.807) is 18.2 Å². The summed E-state index contributed by atoms with van der Waals surface area (Å²) >= 11 is 5.90. The summed E-state index contributed by atoms with van der Waals surface area (Å²) in [5.74, 6) is -0.493. The molecule has 1 heterocycles. The van der Waals surface area contributed by atoms with Crippen LogP contribution in [0.4, 0.5) is 11.4 Å². The van der Waals surface area contributed by atoms with E-state index < -0.39 is 6.10 Å². The molecule has 0 bridgehead atoms. The van der Waals surface area contributed by atoms with Crippen LogP contribution in [0.1, 0.15) is 19.8 Å². The van der Waals surface area contributed by atoms with Crippen molar-refractivity contribution in [2.45, 2.75) is 32.0 Å². The molecule has 1 fully saturated rings. The maximum absolute atomic E-state index is 12.2. The third-order valence-corrected chi connectivity index (χ3v) is 3.45. The zero-order chi connectivity index (χ0) is 15.4. The van der Waals surface area contributed by atoms with Gasteiger partial charge in [0, 0.05) is 18.5 Å². The fourth-order valence-corrected chi connectivity index (χ4v) is 2.38. The van der Waals surface area contributed by atoms with Gasteiger partial charge in [-0.3, -0.25) is 9.59 Å². The highest BCUT2D eigenvalue weighted by Crippen LogP contribution is 2.27. The number of rotatable bonds is 4. The molecular weight excluding hydrogens is 329 g/mol. The largest absolute Gasteiger partial charge is 0.364 e. The number of ether oxygens (including phenoxy) is 1. The molecule has 0 spiro atoms. The lowest BCUT2D eigenvalue weighted by Crippen LogP contribution is -2.30. The maximum atomic E-state index is 12.2. The van der Waals surface area contributed by atoms with E-state index in [0.29, 0.717) is 29.4 Å². The molecule has 1 aliphatic heterocycles. The molecule has 1 aromatic carbocycles. The van der Waals surface area contributed by atoms with Crippen molar-refractivity contribution in [2.75, 3.05) is 17.2 Å². The molecule has 22 heavy (non-hydrogen) atoms. The summed E-state index contributed by atoms with van der Waals surface area (Å²) in [4.78, 5) is 23.4. The van der Waals surface area contributed by atoms with Gasteiger partial charge in [-0.05, 0) is 31.0 Å². The number of hydrogen-bond donors (Lipinski definition) is 3. The minimum absolute atomic E-state index is 0. The summed E-state index contributed by atoms with van der Waals surface area (Å²) in [6.45, 7) is 1.79. The molecule has 0 aliphatic carbocycles. The van der Waals surface area contributed by atoms with Crippen LogP contribution in [0.15, 0.2) is 18.2 Å². The van der Waals surface area contributed by atoms with Gasteiger partial charge in [0.2, 0.25) is 5.91 Å². The maximum Gasteiger partial charge on any atom is 0.253 e. The Morgan fingerprint density at radius 3 is 2.64 bits per heavy atom. The third kappa shape index (κ3) is 4.84. The van der Waals surface area contributed by atoms with Crippen LogP contribution in [0.25, 0.3) is 0 Å². The Labute approximate surface area is 140 Å². The number of nitrogens with one attached hydrogen (secondary N) is 2. The lowest BCUT2D eigenvalue weighted by molar-refractivity contribution is -0.126. The zero-order valence-corrected chi connectivity index (χ0v) is 13.7. The Kier molecular flexibility index (Phi) is 7.09. The van der Waals surface area contributed by atoms with Gasteiger partial charge < -0.3 is 21.1 Å². The van der Waals surface area contributed by atoms with Crippen molar-refractivity contribution >= 4 is 47.2 Å². The molecule has 8 heteroatoms. The molecule has 2 atom stereocenters. The average molecular weight is 348 g/mol. The SMILES string of the molecule is CC(=O)Nc1cc(Cl)ccc1NC(=O)[C@@H]1CC[C@H](CN)O1.Cl. The first-order valence-electron chi connectivity index (χ1n) is 6.73. The molecule has 1 saturated heterocycles. The second-order valence-corrected chi connectivity index (χ2v) is 5.36. The summed E-state index contributed by atoms with van der Waals surface area (Å²) in [7, 11) is 0. The molecular formula is C14H19Cl2N3O3. The molecule has 0 saturated carbocycles. The Bertz CT molecular complexity index is 554. The Morgan fingerprint density at radius 2 is 2.05 bits per heavy atom. The predicted molar refractivity (Wildman–Crippen MR) is 88.6 cm³/mol. The second kappa shape index (κ2) is 8.33. The molecule has 1 aromatic rings. The fraction of sp³-hybridized carbons (Fsp3) is 0.429. The van der Waals surface area contributed by atoms with Crippen LogP contribution in [0, 0.1) is 0 Å². The van der Waals surface area contributed by atoms with Gasteiger partial charge in [-0.25, -0.2) is 0 Å². The van der Waals surface area contributed by atoms with Crippen LogP contribution < -0.4 is 16.4 Å². The quantitative estimate of drug-likeness (QED) is 0.777. The standard InChI is InChI=1S/C14H18ClN3O3.ClH/c1-8(19)17-12-6-9(15)2-4-11(12)18-14(20)13-5-3-10(7-16)21-13;/h2,4,6,10,13H,3,5,7,16H2,1H3,(H,17,19)(H,18,20);1H/t10-,13+;/m1./s1. The lowest BCUT2D eigenvalue weighted by atomic mass is 10.2. The van der Waals surface area contributed by atoms with Gasteiger partial charge in [0.25, 0.3) is 5.91 Å². The normalized spacial score (nSPS) is 20.1. The molecule has 0 radical (unpaired) electrons. The average Bonchev–Trinajstić information content (AvgIpc) is 2.90. The van der Waals surface area contributed by atoms with Crippen LogP contribution in [0.3, 0.4) is 0 Å². The summed E-state index contributed by atoms with van der Waals surface area (Å²) in [5, 5.41) is 5.85. The highest BCUT2D eigenvalue weighted by Gasteiger charge is 2.30. The Hall–Kier alpha value is -1.34. The van der Waals surface area contributed by atoms with E-state index in [-0.39, 0.29) is 30.3 Å². The van der Waals surface area contributed by atoms with E-state index in [4.69, 9.17) is 22.1 Å². The van der Waals surface area contributed by atoms with Crippen molar-refractivity contribution in [3.8, 4) is 0 Å². The number of anilines is 2. The van der Waals surface area contributed by atoms with Gasteiger partial charge in [-0.15, -0.1) is 12.4 Å². The highest BCUT2D eigenvalue weighted by atomic mass is 35.5. The molecule has 122 valence electrons. The minimum atomic E-state index is -0.514. The van der Waals surface area contributed by atoms with Gasteiger partial charge in [0.1, 0.15) is 6.10 Å². The monoisotopic (exact) mass is 347 g/mol. The summed E-state index contributed by atoms with van der Waals surface area (Å²) in [5.41, 5.74) is 6.47. The van der Waals surface area contributed by atoms with E-state index in [1.165, 1.54) is 6.92 Å². The first-order chi connectivity index (χ1) is 9.99.